The Morgan fingerprint density at radius 2 is 1.64 bits per heavy atom. The van der Waals surface area contributed by atoms with Crippen LogP contribution in [0.15, 0.2) is 48.5 Å². The number of benzene rings is 2. The second-order valence-electron chi connectivity index (χ2n) is 5.31. The van der Waals surface area contributed by atoms with Crippen molar-refractivity contribution in [3.05, 3.63) is 59.7 Å². The maximum atomic E-state index is 12.2. The summed E-state index contributed by atoms with van der Waals surface area (Å²) >= 11 is 0. The van der Waals surface area contributed by atoms with Crippen LogP contribution in [0, 0.1) is 0 Å². The molecule has 0 amide bonds. The summed E-state index contributed by atoms with van der Waals surface area (Å²) in [7, 11) is 0. The average molecular weight is 342 g/mol. The van der Waals surface area contributed by atoms with Crippen molar-refractivity contribution in [2.75, 3.05) is 19.8 Å². The molecule has 0 fully saturated rings. The molecule has 0 aliphatic heterocycles. The van der Waals surface area contributed by atoms with Crippen LogP contribution >= 0.6 is 0 Å². The van der Waals surface area contributed by atoms with E-state index in [-0.39, 0.29) is 12.4 Å². The van der Waals surface area contributed by atoms with E-state index < -0.39 is 5.97 Å². The minimum Gasteiger partial charge on any atom is -0.490 e. The van der Waals surface area contributed by atoms with Gasteiger partial charge in [0.15, 0.2) is 23.9 Å². The van der Waals surface area contributed by atoms with Crippen molar-refractivity contribution >= 4 is 11.8 Å². The van der Waals surface area contributed by atoms with Crippen LogP contribution in [0.5, 0.6) is 11.5 Å². The second kappa shape index (κ2) is 9.47. The summed E-state index contributed by atoms with van der Waals surface area (Å²) in [6.45, 7) is 4.58. The first-order valence-corrected chi connectivity index (χ1v) is 8.30. The number of rotatable bonds is 9. The number of hydrogen-bond acceptors (Lipinski definition) is 5. The van der Waals surface area contributed by atoms with Gasteiger partial charge in [-0.05, 0) is 31.5 Å². The standard InChI is InChI=1S/C20H22O5/c1-3-12-24-18-11-10-16(13-19(18)23-4-2)20(22)25-14-17(21)15-8-6-5-7-9-15/h5-11,13H,3-4,12,14H2,1-2H3. The Hall–Kier alpha value is -2.82. The predicted molar refractivity (Wildman–Crippen MR) is 94.5 cm³/mol. The van der Waals surface area contributed by atoms with E-state index in [0.717, 1.165) is 6.42 Å². The van der Waals surface area contributed by atoms with E-state index in [1.54, 1.807) is 42.5 Å². The zero-order valence-corrected chi connectivity index (χ0v) is 14.5. The second-order valence-corrected chi connectivity index (χ2v) is 5.31. The molecule has 0 N–H and O–H groups in total. The summed E-state index contributed by atoms with van der Waals surface area (Å²) in [5.74, 6) is 0.245. The Labute approximate surface area is 147 Å². The highest BCUT2D eigenvalue weighted by atomic mass is 16.5. The van der Waals surface area contributed by atoms with Crippen LogP contribution in [0.4, 0.5) is 0 Å². The third kappa shape index (κ3) is 5.35. The lowest BCUT2D eigenvalue weighted by Gasteiger charge is -2.12. The minimum absolute atomic E-state index is 0.248. The lowest BCUT2D eigenvalue weighted by molar-refractivity contribution is 0.0474. The number of ether oxygens (including phenoxy) is 3. The van der Waals surface area contributed by atoms with Crippen molar-refractivity contribution in [2.45, 2.75) is 20.3 Å². The molecule has 0 atom stereocenters. The first-order chi connectivity index (χ1) is 12.2. The van der Waals surface area contributed by atoms with Crippen LogP contribution < -0.4 is 9.47 Å². The molecule has 0 saturated carbocycles. The first-order valence-electron chi connectivity index (χ1n) is 8.30. The summed E-state index contributed by atoms with van der Waals surface area (Å²) in [6.07, 6.45) is 0.872. The molecule has 0 spiro atoms. The maximum Gasteiger partial charge on any atom is 0.338 e. The van der Waals surface area contributed by atoms with Gasteiger partial charge >= 0.3 is 5.97 Å². The van der Waals surface area contributed by atoms with E-state index in [9.17, 15) is 9.59 Å². The lowest BCUT2D eigenvalue weighted by Crippen LogP contribution is -2.14. The fraction of sp³-hybridized carbons (Fsp3) is 0.300. The molecule has 2 aromatic carbocycles. The normalized spacial score (nSPS) is 10.2. The molecule has 0 heterocycles. The van der Waals surface area contributed by atoms with Crippen molar-refractivity contribution in [1.82, 2.24) is 0 Å². The Balaban J connectivity index is 2.03. The molecule has 25 heavy (non-hydrogen) atoms. The van der Waals surface area contributed by atoms with E-state index in [0.29, 0.717) is 35.8 Å². The third-order valence-electron chi connectivity index (χ3n) is 3.37. The van der Waals surface area contributed by atoms with Gasteiger partial charge in [0.25, 0.3) is 0 Å². The number of esters is 1. The topological polar surface area (TPSA) is 61.8 Å². The Morgan fingerprint density at radius 3 is 2.32 bits per heavy atom. The first kappa shape index (κ1) is 18.5. The smallest absolute Gasteiger partial charge is 0.338 e. The van der Waals surface area contributed by atoms with Crippen molar-refractivity contribution in [2.24, 2.45) is 0 Å². The summed E-state index contributed by atoms with van der Waals surface area (Å²) in [5.41, 5.74) is 0.821. The zero-order valence-electron chi connectivity index (χ0n) is 14.5. The Morgan fingerprint density at radius 1 is 0.880 bits per heavy atom. The van der Waals surface area contributed by atoms with Gasteiger partial charge in [-0.1, -0.05) is 37.3 Å². The van der Waals surface area contributed by atoms with Crippen LogP contribution in [-0.2, 0) is 4.74 Å². The summed E-state index contributed by atoms with van der Waals surface area (Å²) in [4.78, 5) is 24.2. The summed E-state index contributed by atoms with van der Waals surface area (Å²) in [6, 6.07) is 13.6. The zero-order chi connectivity index (χ0) is 18.1. The van der Waals surface area contributed by atoms with Crippen LogP contribution in [0.3, 0.4) is 0 Å². The molecule has 0 bridgehead atoms. The fourth-order valence-electron chi connectivity index (χ4n) is 2.16. The fourth-order valence-corrected chi connectivity index (χ4v) is 2.16. The molecule has 0 saturated heterocycles. The number of carbonyl (C=O) groups is 2. The van der Waals surface area contributed by atoms with Crippen molar-refractivity contribution in [3.63, 3.8) is 0 Å². The van der Waals surface area contributed by atoms with Gasteiger partial charge in [0.05, 0.1) is 18.8 Å². The monoisotopic (exact) mass is 342 g/mol. The van der Waals surface area contributed by atoms with Crippen molar-refractivity contribution in [3.8, 4) is 11.5 Å². The van der Waals surface area contributed by atoms with Gasteiger partial charge in [0.1, 0.15) is 0 Å². The van der Waals surface area contributed by atoms with Gasteiger partial charge in [-0.3, -0.25) is 4.79 Å². The van der Waals surface area contributed by atoms with Gasteiger partial charge < -0.3 is 14.2 Å². The highest BCUT2D eigenvalue weighted by Gasteiger charge is 2.15. The van der Waals surface area contributed by atoms with Gasteiger partial charge in [0.2, 0.25) is 0 Å². The van der Waals surface area contributed by atoms with E-state index >= 15 is 0 Å². The number of ketones is 1. The highest BCUT2D eigenvalue weighted by molar-refractivity contribution is 5.99. The number of Topliss-reactive ketones (excluding diaryl/α,β-unsaturated/α-hetero) is 1. The number of carbonyl (C=O) groups excluding carboxylic acids is 2. The molecule has 0 aromatic heterocycles. The molecular weight excluding hydrogens is 320 g/mol. The molecule has 0 unspecified atom stereocenters. The van der Waals surface area contributed by atoms with Crippen LogP contribution in [0.25, 0.3) is 0 Å². The molecule has 5 nitrogen and oxygen atoms in total. The van der Waals surface area contributed by atoms with Crippen molar-refractivity contribution in [1.29, 1.82) is 0 Å². The molecule has 0 aliphatic carbocycles. The van der Waals surface area contributed by atoms with Gasteiger partial charge in [-0.25, -0.2) is 4.79 Å². The highest BCUT2D eigenvalue weighted by Crippen LogP contribution is 2.29. The Bertz CT molecular complexity index is 709. The van der Waals surface area contributed by atoms with E-state index in [2.05, 4.69) is 0 Å². The third-order valence-corrected chi connectivity index (χ3v) is 3.37. The van der Waals surface area contributed by atoms with Gasteiger partial charge in [0, 0.05) is 5.56 Å². The molecular formula is C20H22O5. The molecule has 2 aromatic rings. The van der Waals surface area contributed by atoms with E-state index in [1.807, 2.05) is 19.9 Å². The van der Waals surface area contributed by atoms with Crippen LogP contribution in [0.1, 0.15) is 41.0 Å². The van der Waals surface area contributed by atoms with Gasteiger partial charge in [-0.2, -0.15) is 0 Å². The number of hydrogen-bond donors (Lipinski definition) is 0. The Kier molecular flexibility index (Phi) is 7.01. The van der Waals surface area contributed by atoms with Crippen LogP contribution in [-0.4, -0.2) is 31.6 Å². The molecule has 0 radical (unpaired) electrons. The lowest BCUT2D eigenvalue weighted by atomic mass is 10.1. The van der Waals surface area contributed by atoms with E-state index in [1.165, 1.54) is 0 Å². The quantitative estimate of drug-likeness (QED) is 0.511. The summed E-state index contributed by atoms with van der Waals surface area (Å²) < 4.78 is 16.2. The predicted octanol–water partition coefficient (Wildman–Crippen LogP) is 3.91. The maximum absolute atomic E-state index is 12.2. The SMILES string of the molecule is CCCOc1ccc(C(=O)OCC(=O)c2ccccc2)cc1OCC. The van der Waals surface area contributed by atoms with Crippen molar-refractivity contribution < 1.29 is 23.8 Å². The van der Waals surface area contributed by atoms with E-state index in [4.69, 9.17) is 14.2 Å². The molecule has 132 valence electrons. The minimum atomic E-state index is -0.577. The molecule has 2 rings (SSSR count). The molecule has 0 aliphatic rings. The van der Waals surface area contributed by atoms with Gasteiger partial charge in [-0.15, -0.1) is 0 Å². The average Bonchev–Trinajstić information content (AvgIpc) is 2.65. The largest absolute Gasteiger partial charge is 0.490 e. The molecule has 5 heteroatoms. The summed E-state index contributed by atoms with van der Waals surface area (Å²) in [5, 5.41) is 0. The van der Waals surface area contributed by atoms with Crippen LogP contribution in [0.2, 0.25) is 0 Å².